The average Bonchev–Trinajstić information content (AvgIpc) is 3.62. The second-order valence-corrected chi connectivity index (χ2v) is 12.8. The molecule has 0 spiro atoms. The highest BCUT2D eigenvalue weighted by Gasteiger charge is 2.57. The Bertz CT molecular complexity index is 1730. The van der Waals surface area contributed by atoms with Gasteiger partial charge in [0.15, 0.2) is 0 Å². The molecule has 2 aromatic carbocycles. The molecule has 1 N–H and O–H groups in total. The van der Waals surface area contributed by atoms with Crippen LogP contribution in [-0.2, 0) is 27.1 Å². The molecule has 6 rings (SSSR count). The van der Waals surface area contributed by atoms with Gasteiger partial charge >= 0.3 is 11.0 Å². The summed E-state index contributed by atoms with van der Waals surface area (Å²) >= 11 is 3.28. The number of benzene rings is 2. The van der Waals surface area contributed by atoms with Crippen LogP contribution in [0.4, 0.5) is 24.5 Å². The smallest absolute Gasteiger partial charge is 0.325 e. The Kier molecular flexibility index (Phi) is 6.91. The molecule has 3 unspecified atom stereocenters. The maximum absolute atomic E-state index is 13.8. The average molecular weight is 616 g/mol. The van der Waals surface area contributed by atoms with Gasteiger partial charge in [-0.2, -0.15) is 13.2 Å². The van der Waals surface area contributed by atoms with E-state index in [0.29, 0.717) is 15.6 Å². The zero-order valence-electron chi connectivity index (χ0n) is 21.2. The summed E-state index contributed by atoms with van der Waals surface area (Å²) in [5.41, 5.74) is 0.454. The Morgan fingerprint density at radius 1 is 1.00 bits per heavy atom. The normalized spacial score (nSPS) is 20.2. The number of anilines is 2. The van der Waals surface area contributed by atoms with Crippen LogP contribution in [0.25, 0.3) is 0 Å². The van der Waals surface area contributed by atoms with Gasteiger partial charge in [0.05, 0.1) is 22.2 Å². The summed E-state index contributed by atoms with van der Waals surface area (Å²) in [5.74, 6) is -3.32. The van der Waals surface area contributed by atoms with Gasteiger partial charge in [0.25, 0.3) is 0 Å². The topological polar surface area (TPSA) is 88.5 Å². The molecular formula is C28H20F3N3O4S3. The van der Waals surface area contributed by atoms with E-state index in [2.05, 4.69) is 5.32 Å². The number of hydrogen-bond donors (Lipinski definition) is 1. The largest absolute Gasteiger partial charge is 0.416 e. The minimum Gasteiger partial charge on any atom is -0.325 e. The first-order valence-corrected chi connectivity index (χ1v) is 15.0. The number of fused-ring (bicyclic) bond motifs is 2. The van der Waals surface area contributed by atoms with Crippen molar-refractivity contribution in [1.29, 1.82) is 0 Å². The molecular weight excluding hydrogens is 596 g/mol. The molecule has 0 saturated carbocycles. The van der Waals surface area contributed by atoms with Gasteiger partial charge in [0, 0.05) is 21.4 Å². The number of rotatable bonds is 5. The molecule has 2 aliphatic rings. The first-order chi connectivity index (χ1) is 19.5. The van der Waals surface area contributed by atoms with Crippen molar-refractivity contribution in [3.8, 4) is 0 Å². The van der Waals surface area contributed by atoms with E-state index in [1.807, 2.05) is 24.4 Å². The number of alkyl halides is 3. The molecule has 4 heterocycles. The Morgan fingerprint density at radius 3 is 2.44 bits per heavy atom. The van der Waals surface area contributed by atoms with E-state index < -0.39 is 51.4 Å². The molecule has 1 saturated heterocycles. The first kappa shape index (κ1) is 27.5. The molecule has 13 heteroatoms. The summed E-state index contributed by atoms with van der Waals surface area (Å²) < 4.78 is 41.6. The van der Waals surface area contributed by atoms with Gasteiger partial charge in [-0.05, 0) is 48.7 Å². The zero-order valence-corrected chi connectivity index (χ0v) is 23.6. The van der Waals surface area contributed by atoms with Crippen LogP contribution >= 0.6 is 34.4 Å². The van der Waals surface area contributed by atoms with Crippen LogP contribution in [-0.4, -0.2) is 27.5 Å². The second-order valence-electron chi connectivity index (χ2n) is 9.66. The van der Waals surface area contributed by atoms with Crippen LogP contribution in [0.5, 0.6) is 0 Å². The van der Waals surface area contributed by atoms with E-state index in [-0.39, 0.29) is 12.2 Å². The summed E-state index contributed by atoms with van der Waals surface area (Å²) in [6.45, 7) is 1.61. The van der Waals surface area contributed by atoms with E-state index in [9.17, 15) is 32.3 Å². The molecule has 1 fully saturated rings. The van der Waals surface area contributed by atoms with Gasteiger partial charge in [0.2, 0.25) is 17.7 Å². The minimum atomic E-state index is -4.65. The fourth-order valence-electron chi connectivity index (χ4n) is 5.09. The van der Waals surface area contributed by atoms with Gasteiger partial charge in [-0.3, -0.25) is 23.7 Å². The number of aromatic nitrogens is 1. The number of thiazole rings is 1. The Balaban J connectivity index is 1.38. The molecule has 2 aromatic heterocycles. The van der Waals surface area contributed by atoms with E-state index in [4.69, 9.17) is 0 Å². The molecule has 3 amide bonds. The number of imide groups is 1. The summed E-state index contributed by atoms with van der Waals surface area (Å²) in [6, 6.07) is 14.9. The lowest BCUT2D eigenvalue weighted by Gasteiger charge is -2.29. The standard InChI is InChI=1S/C28H20F3N3O4S3/c1-14-7-9-16(10-8-14)32-19(35)13-33-26-23(41-27(33)38)20(18-6-3-11-39-18)21-22(40-26)25(37)34(24(21)36)17-5-2-4-15(12-17)28(29,30)31/h2-12,20-22H,13H2,1H3,(H,32,35). The highest BCUT2D eigenvalue weighted by molar-refractivity contribution is 8.00. The van der Waals surface area contributed by atoms with Crippen molar-refractivity contribution in [2.24, 2.45) is 5.92 Å². The number of aryl methyl sites for hydroxylation is 1. The van der Waals surface area contributed by atoms with Crippen molar-refractivity contribution in [1.82, 2.24) is 4.57 Å². The molecule has 4 aromatic rings. The SMILES string of the molecule is Cc1ccc(NC(=O)Cn2c3c(sc2=O)C(c2cccs2)C2C(=O)N(c4cccc(C(F)(F)F)c4)C(=O)C2S3)cc1. The van der Waals surface area contributed by atoms with Gasteiger partial charge in [-0.15, -0.1) is 11.3 Å². The van der Waals surface area contributed by atoms with E-state index >= 15 is 0 Å². The predicted octanol–water partition coefficient (Wildman–Crippen LogP) is 5.73. The van der Waals surface area contributed by atoms with Gasteiger partial charge in [0.1, 0.15) is 11.8 Å². The molecule has 3 atom stereocenters. The third-order valence-corrected chi connectivity index (χ3v) is 10.5. The van der Waals surface area contributed by atoms with Gasteiger partial charge in [-0.25, -0.2) is 4.90 Å². The Hall–Kier alpha value is -3.68. The van der Waals surface area contributed by atoms with Crippen molar-refractivity contribution in [3.63, 3.8) is 0 Å². The fraction of sp³-hybridized carbons (Fsp3) is 0.214. The van der Waals surface area contributed by atoms with Crippen molar-refractivity contribution in [2.75, 3.05) is 10.2 Å². The van der Waals surface area contributed by atoms with Crippen molar-refractivity contribution < 1.29 is 27.6 Å². The number of amides is 3. The third-order valence-electron chi connectivity index (χ3n) is 6.97. The van der Waals surface area contributed by atoms with Crippen molar-refractivity contribution in [3.05, 3.63) is 96.6 Å². The van der Waals surface area contributed by atoms with Crippen LogP contribution in [0.2, 0.25) is 0 Å². The number of nitrogens with one attached hydrogen (secondary N) is 1. The highest BCUT2D eigenvalue weighted by Crippen LogP contribution is 2.54. The number of halogens is 3. The lowest BCUT2D eigenvalue weighted by molar-refractivity contribution is -0.137. The quantitative estimate of drug-likeness (QED) is 0.290. The highest BCUT2D eigenvalue weighted by atomic mass is 32.2. The summed E-state index contributed by atoms with van der Waals surface area (Å²) in [5, 5.41) is 4.00. The summed E-state index contributed by atoms with van der Waals surface area (Å²) in [7, 11) is 0. The van der Waals surface area contributed by atoms with Crippen LogP contribution in [0.15, 0.2) is 75.9 Å². The molecule has 2 aliphatic heterocycles. The van der Waals surface area contributed by atoms with Crippen LogP contribution in [0.3, 0.4) is 0 Å². The lowest BCUT2D eigenvalue weighted by atomic mass is 9.87. The van der Waals surface area contributed by atoms with Crippen molar-refractivity contribution >= 4 is 63.5 Å². The summed E-state index contributed by atoms with van der Waals surface area (Å²) in [4.78, 5) is 55.3. The molecule has 210 valence electrons. The number of hydrogen-bond acceptors (Lipinski definition) is 7. The number of thioether (sulfide) groups is 1. The maximum atomic E-state index is 13.8. The van der Waals surface area contributed by atoms with E-state index in [1.54, 1.807) is 24.3 Å². The fourth-order valence-corrected chi connectivity index (χ4v) is 8.81. The maximum Gasteiger partial charge on any atom is 0.416 e. The second kappa shape index (κ2) is 10.3. The Labute approximate surface area is 243 Å². The molecule has 0 bridgehead atoms. The van der Waals surface area contributed by atoms with Gasteiger partial charge < -0.3 is 5.32 Å². The number of nitrogens with zero attached hydrogens (tertiary/aromatic N) is 2. The van der Waals surface area contributed by atoms with Crippen LogP contribution < -0.4 is 15.1 Å². The molecule has 0 radical (unpaired) electrons. The van der Waals surface area contributed by atoms with E-state index in [1.165, 1.54) is 22.0 Å². The zero-order chi connectivity index (χ0) is 29.1. The summed E-state index contributed by atoms with van der Waals surface area (Å²) in [6.07, 6.45) is -4.65. The van der Waals surface area contributed by atoms with Crippen LogP contribution in [0, 0.1) is 12.8 Å². The number of carbonyl (C=O) groups is 3. The number of thiophene rings is 1. The Morgan fingerprint density at radius 2 is 1.76 bits per heavy atom. The van der Waals surface area contributed by atoms with Crippen molar-refractivity contribution in [2.45, 2.75) is 35.8 Å². The molecule has 0 aliphatic carbocycles. The molecule has 41 heavy (non-hydrogen) atoms. The lowest BCUT2D eigenvalue weighted by Crippen LogP contribution is -2.32. The predicted molar refractivity (Wildman–Crippen MR) is 152 cm³/mol. The monoisotopic (exact) mass is 615 g/mol. The minimum absolute atomic E-state index is 0.159. The molecule has 7 nitrogen and oxygen atoms in total. The first-order valence-electron chi connectivity index (χ1n) is 12.4. The third kappa shape index (κ3) is 4.91. The van der Waals surface area contributed by atoms with Gasteiger partial charge in [-0.1, -0.05) is 52.9 Å². The number of carbonyl (C=O) groups excluding carboxylic acids is 3. The van der Waals surface area contributed by atoms with Crippen LogP contribution in [0.1, 0.15) is 26.8 Å². The van der Waals surface area contributed by atoms with E-state index in [0.717, 1.165) is 56.6 Å².